The standard InChI is InChI=1S/C15H26N2O2/c1-4-11(2)12(3)16-10-8-14(18)17-9-6-5-7-13(17)15(16)19/h11-13H,4-10H2,1-3H3. The van der Waals surface area contributed by atoms with E-state index in [2.05, 4.69) is 20.8 Å². The first-order chi connectivity index (χ1) is 9.06. The predicted octanol–water partition coefficient (Wildman–Crippen LogP) is 2.03. The largest absolute Gasteiger partial charge is 0.337 e. The molecule has 3 atom stereocenters. The van der Waals surface area contributed by atoms with E-state index in [-0.39, 0.29) is 23.9 Å². The van der Waals surface area contributed by atoms with Crippen LogP contribution < -0.4 is 0 Å². The second-order valence-electron chi connectivity index (χ2n) is 6.01. The van der Waals surface area contributed by atoms with Crippen LogP contribution in [0.25, 0.3) is 0 Å². The molecule has 2 aliphatic heterocycles. The third kappa shape index (κ3) is 2.77. The zero-order valence-corrected chi connectivity index (χ0v) is 12.4. The SMILES string of the molecule is CCC(C)C(C)N1CCC(=O)N2CCCCC2C1=O. The molecule has 2 saturated heterocycles. The molecule has 0 aromatic rings. The Morgan fingerprint density at radius 3 is 2.63 bits per heavy atom. The summed E-state index contributed by atoms with van der Waals surface area (Å²) in [6.07, 6.45) is 4.49. The maximum atomic E-state index is 12.7. The number of carbonyl (C=O) groups is 2. The van der Waals surface area contributed by atoms with Crippen LogP contribution in [0, 0.1) is 5.92 Å². The van der Waals surface area contributed by atoms with Gasteiger partial charge in [-0.1, -0.05) is 20.3 Å². The van der Waals surface area contributed by atoms with E-state index in [1.165, 1.54) is 0 Å². The number of nitrogens with zero attached hydrogens (tertiary/aromatic N) is 2. The van der Waals surface area contributed by atoms with E-state index in [1.54, 1.807) is 0 Å². The van der Waals surface area contributed by atoms with Gasteiger partial charge in [-0.05, 0) is 32.1 Å². The summed E-state index contributed by atoms with van der Waals surface area (Å²) >= 11 is 0. The van der Waals surface area contributed by atoms with Crippen molar-refractivity contribution in [2.75, 3.05) is 13.1 Å². The normalized spacial score (nSPS) is 27.8. The van der Waals surface area contributed by atoms with Gasteiger partial charge in [-0.2, -0.15) is 0 Å². The summed E-state index contributed by atoms with van der Waals surface area (Å²) in [6.45, 7) is 7.82. The lowest BCUT2D eigenvalue weighted by Crippen LogP contribution is -2.52. The summed E-state index contributed by atoms with van der Waals surface area (Å²) in [6, 6.07) is 0.0439. The van der Waals surface area contributed by atoms with Crippen LogP contribution in [-0.2, 0) is 9.59 Å². The van der Waals surface area contributed by atoms with E-state index in [0.717, 1.165) is 32.2 Å². The number of hydrogen-bond donors (Lipinski definition) is 0. The van der Waals surface area contributed by atoms with Crippen molar-refractivity contribution in [3.63, 3.8) is 0 Å². The second kappa shape index (κ2) is 5.93. The van der Waals surface area contributed by atoms with Gasteiger partial charge < -0.3 is 9.80 Å². The van der Waals surface area contributed by atoms with Gasteiger partial charge in [0.2, 0.25) is 11.8 Å². The smallest absolute Gasteiger partial charge is 0.245 e. The summed E-state index contributed by atoms with van der Waals surface area (Å²) in [5.74, 6) is 0.824. The molecular formula is C15H26N2O2. The van der Waals surface area contributed by atoms with Crippen LogP contribution in [0.1, 0.15) is 52.9 Å². The minimum atomic E-state index is -0.185. The average Bonchev–Trinajstić information content (AvgIpc) is 2.56. The third-order valence-corrected chi connectivity index (χ3v) is 4.92. The van der Waals surface area contributed by atoms with Gasteiger partial charge in [0.1, 0.15) is 6.04 Å². The fraction of sp³-hybridized carbons (Fsp3) is 0.867. The van der Waals surface area contributed by atoms with Gasteiger partial charge in [-0.3, -0.25) is 9.59 Å². The van der Waals surface area contributed by atoms with E-state index in [0.29, 0.717) is 18.9 Å². The number of hydrogen-bond acceptors (Lipinski definition) is 2. The summed E-state index contributed by atoms with van der Waals surface area (Å²) < 4.78 is 0. The summed E-state index contributed by atoms with van der Waals surface area (Å²) in [4.78, 5) is 28.7. The maximum Gasteiger partial charge on any atom is 0.245 e. The van der Waals surface area contributed by atoms with Crippen molar-refractivity contribution in [2.24, 2.45) is 5.92 Å². The highest BCUT2D eigenvalue weighted by molar-refractivity contribution is 5.90. The number of carbonyl (C=O) groups excluding carboxylic acids is 2. The van der Waals surface area contributed by atoms with Gasteiger partial charge in [-0.25, -0.2) is 0 Å². The molecule has 0 saturated carbocycles. The fourth-order valence-corrected chi connectivity index (χ4v) is 3.20. The Hall–Kier alpha value is -1.06. The van der Waals surface area contributed by atoms with Crippen LogP contribution in [0.5, 0.6) is 0 Å². The first-order valence-corrected chi connectivity index (χ1v) is 7.66. The fourth-order valence-electron chi connectivity index (χ4n) is 3.20. The lowest BCUT2D eigenvalue weighted by atomic mass is 9.97. The monoisotopic (exact) mass is 266 g/mol. The summed E-state index contributed by atoms with van der Waals surface area (Å²) in [5, 5.41) is 0. The van der Waals surface area contributed by atoms with Crippen LogP contribution in [0.15, 0.2) is 0 Å². The Morgan fingerprint density at radius 1 is 1.21 bits per heavy atom. The van der Waals surface area contributed by atoms with Crippen molar-refractivity contribution < 1.29 is 9.59 Å². The van der Waals surface area contributed by atoms with Gasteiger partial charge in [0.25, 0.3) is 0 Å². The Balaban J connectivity index is 2.18. The van der Waals surface area contributed by atoms with Gasteiger partial charge in [-0.15, -0.1) is 0 Å². The molecule has 2 fully saturated rings. The van der Waals surface area contributed by atoms with Gasteiger partial charge in [0, 0.05) is 25.6 Å². The number of rotatable bonds is 3. The molecule has 3 unspecified atom stereocenters. The van der Waals surface area contributed by atoms with Crippen molar-refractivity contribution in [3.05, 3.63) is 0 Å². The molecule has 4 heteroatoms. The zero-order valence-electron chi connectivity index (χ0n) is 12.4. The highest BCUT2D eigenvalue weighted by Crippen LogP contribution is 2.26. The molecule has 19 heavy (non-hydrogen) atoms. The van der Waals surface area contributed by atoms with Crippen LogP contribution >= 0.6 is 0 Å². The Bertz CT molecular complexity index is 356. The quantitative estimate of drug-likeness (QED) is 0.784. The topological polar surface area (TPSA) is 40.6 Å². The van der Waals surface area contributed by atoms with E-state index < -0.39 is 0 Å². The molecule has 0 aromatic heterocycles. The van der Waals surface area contributed by atoms with Crippen molar-refractivity contribution in [3.8, 4) is 0 Å². The van der Waals surface area contributed by atoms with Crippen molar-refractivity contribution in [2.45, 2.75) is 65.0 Å². The summed E-state index contributed by atoms with van der Waals surface area (Å²) in [5.41, 5.74) is 0. The molecule has 0 aliphatic carbocycles. The molecule has 108 valence electrons. The van der Waals surface area contributed by atoms with E-state index >= 15 is 0 Å². The first-order valence-electron chi connectivity index (χ1n) is 7.66. The lowest BCUT2D eigenvalue weighted by molar-refractivity contribution is -0.144. The molecule has 0 spiro atoms. The van der Waals surface area contributed by atoms with E-state index in [4.69, 9.17) is 0 Å². The van der Waals surface area contributed by atoms with Gasteiger partial charge in [0.05, 0.1) is 0 Å². The molecular weight excluding hydrogens is 240 g/mol. The molecule has 2 aliphatic rings. The van der Waals surface area contributed by atoms with Crippen LogP contribution in [-0.4, -0.2) is 46.8 Å². The van der Waals surface area contributed by atoms with Gasteiger partial charge in [0.15, 0.2) is 0 Å². The number of piperidine rings is 1. The molecule has 2 heterocycles. The van der Waals surface area contributed by atoms with Crippen LogP contribution in [0.4, 0.5) is 0 Å². The minimum Gasteiger partial charge on any atom is -0.337 e. The molecule has 4 nitrogen and oxygen atoms in total. The van der Waals surface area contributed by atoms with Crippen LogP contribution in [0.2, 0.25) is 0 Å². The number of amides is 2. The van der Waals surface area contributed by atoms with Crippen LogP contribution in [0.3, 0.4) is 0 Å². The molecule has 0 bridgehead atoms. The van der Waals surface area contributed by atoms with Crippen molar-refractivity contribution >= 4 is 11.8 Å². The summed E-state index contributed by atoms with van der Waals surface area (Å²) in [7, 11) is 0. The van der Waals surface area contributed by atoms with Crippen molar-refractivity contribution in [1.29, 1.82) is 0 Å². The Kier molecular flexibility index (Phi) is 4.48. The minimum absolute atomic E-state index is 0.164. The highest BCUT2D eigenvalue weighted by Gasteiger charge is 2.39. The van der Waals surface area contributed by atoms with E-state index in [9.17, 15) is 9.59 Å². The zero-order chi connectivity index (χ0) is 14.0. The molecule has 0 aromatic carbocycles. The molecule has 2 amide bonds. The molecule has 0 N–H and O–H groups in total. The lowest BCUT2D eigenvalue weighted by Gasteiger charge is -2.37. The number of fused-ring (bicyclic) bond motifs is 1. The maximum absolute atomic E-state index is 12.7. The molecule has 2 rings (SSSR count). The van der Waals surface area contributed by atoms with Gasteiger partial charge >= 0.3 is 0 Å². The second-order valence-corrected chi connectivity index (χ2v) is 6.01. The van der Waals surface area contributed by atoms with E-state index in [1.807, 2.05) is 9.80 Å². The molecule has 0 radical (unpaired) electrons. The van der Waals surface area contributed by atoms with Crippen molar-refractivity contribution in [1.82, 2.24) is 9.80 Å². The first kappa shape index (κ1) is 14.4. The third-order valence-electron chi connectivity index (χ3n) is 4.92. The average molecular weight is 266 g/mol. The Labute approximate surface area is 116 Å². The Morgan fingerprint density at radius 2 is 1.95 bits per heavy atom. The highest BCUT2D eigenvalue weighted by atomic mass is 16.2. The predicted molar refractivity (Wildman–Crippen MR) is 74.6 cm³/mol.